The summed E-state index contributed by atoms with van der Waals surface area (Å²) in [6, 6.07) is 0. The highest BCUT2D eigenvalue weighted by molar-refractivity contribution is 5.64. The van der Waals surface area contributed by atoms with Crippen LogP contribution in [0.5, 0.6) is 0 Å². The molecule has 0 N–H and O–H groups in total. The molecular weight excluding hydrogens is 164 g/mol. The molecule has 0 amide bonds. The molecular formula is C11H20O2. The van der Waals surface area contributed by atoms with Crippen molar-refractivity contribution in [1.29, 1.82) is 0 Å². The lowest BCUT2D eigenvalue weighted by atomic mass is 9.88. The predicted octanol–water partition coefficient (Wildman–Crippen LogP) is 2.58. The van der Waals surface area contributed by atoms with Crippen molar-refractivity contribution in [2.24, 2.45) is 5.41 Å². The molecule has 0 aliphatic carbocycles. The fraction of sp³-hybridized carbons (Fsp3) is 0.727. The molecule has 0 heterocycles. The second kappa shape index (κ2) is 5.92. The van der Waals surface area contributed by atoms with Crippen LogP contribution in [0.1, 0.15) is 33.6 Å². The van der Waals surface area contributed by atoms with Gasteiger partial charge >= 0.3 is 0 Å². The molecule has 0 bridgehead atoms. The Bertz CT molecular complexity index is 165. The minimum atomic E-state index is 0.219. The van der Waals surface area contributed by atoms with Gasteiger partial charge in [-0.1, -0.05) is 26.8 Å². The van der Waals surface area contributed by atoms with Crippen molar-refractivity contribution in [2.45, 2.75) is 39.7 Å². The Balaban J connectivity index is 3.89. The molecule has 0 spiro atoms. The average Bonchev–Trinajstić information content (AvgIpc) is 2.01. The molecule has 0 aromatic carbocycles. The topological polar surface area (TPSA) is 26.3 Å². The van der Waals surface area contributed by atoms with Gasteiger partial charge < -0.3 is 4.74 Å². The molecule has 0 aromatic rings. The molecule has 1 unspecified atom stereocenters. The van der Waals surface area contributed by atoms with E-state index in [-0.39, 0.29) is 11.5 Å². The largest absolute Gasteiger partial charge is 0.381 e. The normalized spacial score (nSPS) is 14.8. The molecule has 13 heavy (non-hydrogen) atoms. The Morgan fingerprint density at radius 1 is 1.38 bits per heavy atom. The van der Waals surface area contributed by atoms with E-state index in [0.717, 1.165) is 19.1 Å². The van der Waals surface area contributed by atoms with Crippen LogP contribution in [0.3, 0.4) is 0 Å². The maximum absolute atomic E-state index is 10.0. The average molecular weight is 184 g/mol. The molecule has 2 heteroatoms. The first-order valence-electron chi connectivity index (χ1n) is 4.62. The molecule has 2 nitrogen and oxygen atoms in total. The molecule has 0 saturated carbocycles. The lowest BCUT2D eigenvalue weighted by Crippen LogP contribution is -2.19. The maximum atomic E-state index is 10.0. The van der Waals surface area contributed by atoms with Crippen molar-refractivity contribution in [3.63, 3.8) is 0 Å². The number of methoxy groups -OCH3 is 1. The van der Waals surface area contributed by atoms with Crippen LogP contribution in [-0.4, -0.2) is 19.5 Å². The Morgan fingerprint density at radius 3 is 2.38 bits per heavy atom. The van der Waals surface area contributed by atoms with Gasteiger partial charge in [0.05, 0.1) is 6.10 Å². The van der Waals surface area contributed by atoms with Crippen LogP contribution < -0.4 is 0 Å². The number of aldehydes is 1. The fourth-order valence-electron chi connectivity index (χ4n) is 1.23. The molecule has 0 radical (unpaired) electrons. The first-order chi connectivity index (χ1) is 5.99. The van der Waals surface area contributed by atoms with Crippen molar-refractivity contribution < 1.29 is 9.53 Å². The molecule has 76 valence electrons. The van der Waals surface area contributed by atoms with Crippen LogP contribution in [0.4, 0.5) is 0 Å². The van der Waals surface area contributed by atoms with Crippen LogP contribution >= 0.6 is 0 Å². The van der Waals surface area contributed by atoms with Gasteiger partial charge in [0.1, 0.15) is 6.29 Å². The van der Waals surface area contributed by atoms with E-state index in [9.17, 15) is 4.79 Å². The van der Waals surface area contributed by atoms with E-state index in [4.69, 9.17) is 4.74 Å². The van der Waals surface area contributed by atoms with Gasteiger partial charge in [0.25, 0.3) is 0 Å². The zero-order chi connectivity index (χ0) is 10.3. The smallest absolute Gasteiger partial charge is 0.142 e. The number of allylic oxidation sites excluding steroid dienone is 1. The van der Waals surface area contributed by atoms with E-state index >= 15 is 0 Å². The summed E-state index contributed by atoms with van der Waals surface area (Å²) in [6.07, 6.45) is 6.21. The lowest BCUT2D eigenvalue weighted by molar-refractivity contribution is -0.104. The molecule has 0 aliphatic heterocycles. The summed E-state index contributed by atoms with van der Waals surface area (Å²) in [6.45, 7) is 6.55. The standard InChI is InChI=1S/C11H20O2/c1-11(2,3)9-10(13-4)7-5-6-8-12/h5-6,8,10H,7,9H2,1-4H3. The number of carbonyl (C=O) groups excluding carboxylic acids is 1. The van der Waals surface area contributed by atoms with E-state index in [0.29, 0.717) is 0 Å². The van der Waals surface area contributed by atoms with E-state index < -0.39 is 0 Å². The van der Waals surface area contributed by atoms with Crippen molar-refractivity contribution in [3.8, 4) is 0 Å². The molecule has 0 fully saturated rings. The van der Waals surface area contributed by atoms with Crippen molar-refractivity contribution in [1.82, 2.24) is 0 Å². The van der Waals surface area contributed by atoms with Gasteiger partial charge in [-0.05, 0) is 24.3 Å². The summed E-state index contributed by atoms with van der Waals surface area (Å²) in [5.41, 5.74) is 0.274. The van der Waals surface area contributed by atoms with Crippen LogP contribution in [0.2, 0.25) is 0 Å². The van der Waals surface area contributed by atoms with Gasteiger partial charge in [0.2, 0.25) is 0 Å². The summed E-state index contributed by atoms with van der Waals surface area (Å²) >= 11 is 0. The van der Waals surface area contributed by atoms with Crippen LogP contribution in [-0.2, 0) is 9.53 Å². The zero-order valence-electron chi connectivity index (χ0n) is 9.04. The lowest BCUT2D eigenvalue weighted by Gasteiger charge is -2.24. The number of hydrogen-bond acceptors (Lipinski definition) is 2. The van der Waals surface area contributed by atoms with Gasteiger partial charge in [0, 0.05) is 7.11 Å². The first kappa shape index (κ1) is 12.4. The molecule has 0 saturated heterocycles. The van der Waals surface area contributed by atoms with E-state index in [1.165, 1.54) is 6.08 Å². The summed E-state index contributed by atoms with van der Waals surface area (Å²) in [4.78, 5) is 10.0. The summed E-state index contributed by atoms with van der Waals surface area (Å²) in [5.74, 6) is 0. The van der Waals surface area contributed by atoms with E-state index in [2.05, 4.69) is 20.8 Å². The zero-order valence-corrected chi connectivity index (χ0v) is 9.04. The van der Waals surface area contributed by atoms with Crippen LogP contribution in [0, 0.1) is 5.41 Å². The summed E-state index contributed by atoms with van der Waals surface area (Å²) in [5, 5.41) is 0. The quantitative estimate of drug-likeness (QED) is 0.485. The third-order valence-corrected chi connectivity index (χ3v) is 1.79. The minimum absolute atomic E-state index is 0.219. The van der Waals surface area contributed by atoms with Crippen molar-refractivity contribution in [3.05, 3.63) is 12.2 Å². The molecule has 0 rings (SSSR count). The second-order valence-corrected chi connectivity index (χ2v) is 4.42. The van der Waals surface area contributed by atoms with Gasteiger partial charge in [-0.2, -0.15) is 0 Å². The van der Waals surface area contributed by atoms with Crippen molar-refractivity contribution in [2.75, 3.05) is 7.11 Å². The third kappa shape index (κ3) is 7.72. The van der Waals surface area contributed by atoms with E-state index in [1.807, 2.05) is 6.08 Å². The number of carbonyl (C=O) groups is 1. The monoisotopic (exact) mass is 184 g/mol. The van der Waals surface area contributed by atoms with Gasteiger partial charge in [-0.15, -0.1) is 0 Å². The number of ether oxygens (including phenoxy) is 1. The first-order valence-corrected chi connectivity index (χ1v) is 4.62. The molecule has 0 aliphatic rings. The summed E-state index contributed by atoms with van der Waals surface area (Å²) < 4.78 is 5.31. The number of rotatable bonds is 5. The third-order valence-electron chi connectivity index (χ3n) is 1.79. The second-order valence-electron chi connectivity index (χ2n) is 4.42. The summed E-state index contributed by atoms with van der Waals surface area (Å²) in [7, 11) is 1.71. The molecule has 0 aromatic heterocycles. The van der Waals surface area contributed by atoms with Gasteiger partial charge in [0.15, 0.2) is 0 Å². The molecule has 1 atom stereocenters. The Kier molecular flexibility index (Phi) is 5.63. The minimum Gasteiger partial charge on any atom is -0.381 e. The Hall–Kier alpha value is -0.630. The van der Waals surface area contributed by atoms with Gasteiger partial charge in [-0.3, -0.25) is 4.79 Å². The van der Waals surface area contributed by atoms with E-state index in [1.54, 1.807) is 7.11 Å². The van der Waals surface area contributed by atoms with Gasteiger partial charge in [-0.25, -0.2) is 0 Å². The highest BCUT2D eigenvalue weighted by atomic mass is 16.5. The van der Waals surface area contributed by atoms with Crippen molar-refractivity contribution >= 4 is 6.29 Å². The maximum Gasteiger partial charge on any atom is 0.142 e. The number of hydrogen-bond donors (Lipinski definition) is 0. The Morgan fingerprint density at radius 2 is 2.00 bits per heavy atom. The SMILES string of the molecule is COC(CC=CC=O)CC(C)(C)C. The highest BCUT2D eigenvalue weighted by Gasteiger charge is 2.16. The van der Waals surface area contributed by atoms with Crippen LogP contribution in [0.25, 0.3) is 0 Å². The predicted molar refractivity (Wildman–Crippen MR) is 54.7 cm³/mol. The fourth-order valence-corrected chi connectivity index (χ4v) is 1.23. The Labute approximate surface area is 81.0 Å². The van der Waals surface area contributed by atoms with Crippen LogP contribution in [0.15, 0.2) is 12.2 Å². The highest BCUT2D eigenvalue weighted by Crippen LogP contribution is 2.23.